The van der Waals surface area contributed by atoms with E-state index in [9.17, 15) is 9.59 Å². The van der Waals surface area contributed by atoms with Crippen LogP contribution in [0.2, 0.25) is 0 Å². The van der Waals surface area contributed by atoms with Crippen LogP contribution in [-0.4, -0.2) is 44.6 Å². The molecule has 5 rings (SSSR count). The molecule has 37 heavy (non-hydrogen) atoms. The number of hydrogen-bond acceptors (Lipinski definition) is 6. The van der Waals surface area contributed by atoms with Gasteiger partial charge in [-0.2, -0.15) is 0 Å². The van der Waals surface area contributed by atoms with E-state index in [2.05, 4.69) is 32.4 Å². The smallest absolute Gasteiger partial charge is 0.410 e. The molecule has 1 atom stereocenters. The fraction of sp³-hybridized carbons (Fsp3) is 0.310. The minimum absolute atomic E-state index is 0.142. The summed E-state index contributed by atoms with van der Waals surface area (Å²) in [7, 11) is 0. The Morgan fingerprint density at radius 1 is 1.08 bits per heavy atom. The highest BCUT2D eigenvalue weighted by molar-refractivity contribution is 5.84. The summed E-state index contributed by atoms with van der Waals surface area (Å²) >= 11 is 0. The van der Waals surface area contributed by atoms with Gasteiger partial charge in [-0.15, -0.1) is 0 Å². The van der Waals surface area contributed by atoms with E-state index in [0.29, 0.717) is 12.5 Å². The molecule has 2 aromatic carbocycles. The number of hydrogen-bond donors (Lipinski definition) is 2. The number of carbonyl (C=O) groups is 1. The maximum absolute atomic E-state index is 12.5. The van der Waals surface area contributed by atoms with Crippen molar-refractivity contribution in [2.24, 2.45) is 0 Å². The molecule has 1 aliphatic rings. The van der Waals surface area contributed by atoms with E-state index in [1.165, 1.54) is 5.56 Å². The van der Waals surface area contributed by atoms with Gasteiger partial charge in [-0.25, -0.2) is 14.8 Å². The predicted octanol–water partition coefficient (Wildman–Crippen LogP) is 5.84. The summed E-state index contributed by atoms with van der Waals surface area (Å²) in [5, 5.41) is 4.20. The van der Waals surface area contributed by atoms with Gasteiger partial charge < -0.3 is 19.9 Å². The number of rotatable bonds is 4. The van der Waals surface area contributed by atoms with Gasteiger partial charge in [-0.1, -0.05) is 24.3 Å². The number of pyridine rings is 1. The number of aromatic amines is 1. The number of benzene rings is 2. The molecule has 0 aliphatic carbocycles. The number of aromatic nitrogens is 3. The van der Waals surface area contributed by atoms with Gasteiger partial charge in [0.15, 0.2) is 0 Å². The third-order valence-corrected chi connectivity index (χ3v) is 6.40. The number of nitrogens with one attached hydrogen (secondary N) is 2. The van der Waals surface area contributed by atoms with Crippen molar-refractivity contribution in [1.82, 2.24) is 19.9 Å². The van der Waals surface area contributed by atoms with Gasteiger partial charge in [-0.05, 0) is 74.6 Å². The van der Waals surface area contributed by atoms with Crippen LogP contribution in [0.5, 0.6) is 0 Å². The normalized spacial score (nSPS) is 16.0. The van der Waals surface area contributed by atoms with E-state index in [1.807, 2.05) is 62.1 Å². The Kier molecular flexibility index (Phi) is 6.65. The van der Waals surface area contributed by atoms with E-state index in [-0.39, 0.29) is 17.6 Å². The number of carbonyl (C=O) groups excluding carboxylic acids is 1. The Morgan fingerprint density at radius 2 is 1.86 bits per heavy atom. The Bertz CT molecular complexity index is 1470. The molecular formula is C29H31N5O3. The molecule has 8 heteroatoms. The first-order valence-electron chi connectivity index (χ1n) is 12.5. The second-order valence-corrected chi connectivity index (χ2v) is 10.4. The number of likely N-dealkylation sites (tertiary alicyclic amines) is 1. The lowest BCUT2D eigenvalue weighted by Crippen LogP contribution is -2.42. The molecule has 0 unspecified atom stereocenters. The largest absolute Gasteiger partial charge is 0.444 e. The standard InChI is InChI=1S/C29H31N5O3/c1-29(2,3)37-28(36)34-14-4-5-23(18-34)19-8-10-24(11-9-19)32-27-31-17-22-7-6-20(15-25(22)33-27)21-12-13-30-26(35)16-21/h6-13,15-17,23H,4-5,14,18H2,1-3H3,(H,30,35)(H,31,32,33)/t23-/m1/s1. The molecule has 2 aromatic heterocycles. The van der Waals surface area contributed by atoms with Crippen LogP contribution in [0.25, 0.3) is 22.0 Å². The van der Waals surface area contributed by atoms with Crippen molar-refractivity contribution in [2.45, 2.75) is 45.1 Å². The zero-order valence-electron chi connectivity index (χ0n) is 21.3. The van der Waals surface area contributed by atoms with Crippen molar-refractivity contribution in [3.8, 4) is 11.1 Å². The van der Waals surface area contributed by atoms with Gasteiger partial charge in [0.05, 0.1) is 5.52 Å². The van der Waals surface area contributed by atoms with Crippen molar-refractivity contribution < 1.29 is 9.53 Å². The van der Waals surface area contributed by atoms with Crippen LogP contribution in [0.1, 0.15) is 45.1 Å². The fourth-order valence-electron chi connectivity index (χ4n) is 4.60. The number of H-pyrrole nitrogens is 1. The average Bonchev–Trinajstić information content (AvgIpc) is 2.88. The van der Waals surface area contributed by atoms with Gasteiger partial charge in [-0.3, -0.25) is 4.79 Å². The first kappa shape index (κ1) is 24.5. The van der Waals surface area contributed by atoms with Gasteiger partial charge in [0.25, 0.3) is 0 Å². The molecule has 190 valence electrons. The molecule has 1 fully saturated rings. The van der Waals surface area contributed by atoms with Crippen LogP contribution in [-0.2, 0) is 4.74 Å². The van der Waals surface area contributed by atoms with E-state index >= 15 is 0 Å². The van der Waals surface area contributed by atoms with Gasteiger partial charge in [0.2, 0.25) is 11.5 Å². The van der Waals surface area contributed by atoms with Crippen LogP contribution in [0.15, 0.2) is 71.8 Å². The molecule has 1 saturated heterocycles. The summed E-state index contributed by atoms with van der Waals surface area (Å²) < 4.78 is 5.56. The monoisotopic (exact) mass is 497 g/mol. The van der Waals surface area contributed by atoms with Gasteiger partial charge >= 0.3 is 6.09 Å². The predicted molar refractivity (Wildman–Crippen MR) is 145 cm³/mol. The van der Waals surface area contributed by atoms with Gasteiger partial charge in [0, 0.05) is 48.5 Å². The molecule has 4 aromatic rings. The molecule has 0 saturated carbocycles. The van der Waals surface area contributed by atoms with E-state index < -0.39 is 5.60 Å². The molecule has 1 aliphatic heterocycles. The second kappa shape index (κ2) is 10.0. The van der Waals surface area contributed by atoms with Crippen LogP contribution >= 0.6 is 0 Å². The number of amides is 1. The average molecular weight is 498 g/mol. The molecule has 0 radical (unpaired) electrons. The molecule has 1 amide bonds. The lowest BCUT2D eigenvalue weighted by atomic mass is 9.90. The summed E-state index contributed by atoms with van der Waals surface area (Å²) in [4.78, 5) is 37.8. The molecular weight excluding hydrogens is 466 g/mol. The van der Waals surface area contributed by atoms with Crippen LogP contribution in [0, 0.1) is 0 Å². The highest BCUT2D eigenvalue weighted by Crippen LogP contribution is 2.29. The number of anilines is 2. The van der Waals surface area contributed by atoms with Crippen molar-refractivity contribution >= 4 is 28.6 Å². The first-order chi connectivity index (χ1) is 17.7. The number of fused-ring (bicyclic) bond motifs is 1. The molecule has 0 spiro atoms. The summed E-state index contributed by atoms with van der Waals surface area (Å²) in [6, 6.07) is 17.5. The maximum atomic E-state index is 12.5. The number of ether oxygens (including phenoxy) is 1. The van der Waals surface area contributed by atoms with E-state index in [4.69, 9.17) is 4.74 Å². The van der Waals surface area contributed by atoms with Crippen molar-refractivity contribution in [3.05, 3.63) is 82.9 Å². The Hall–Kier alpha value is -4.20. The second-order valence-electron chi connectivity index (χ2n) is 10.4. The highest BCUT2D eigenvalue weighted by Gasteiger charge is 2.28. The first-order valence-corrected chi connectivity index (χ1v) is 12.5. The lowest BCUT2D eigenvalue weighted by molar-refractivity contribution is 0.0198. The Morgan fingerprint density at radius 3 is 2.62 bits per heavy atom. The van der Waals surface area contributed by atoms with Crippen LogP contribution in [0.4, 0.5) is 16.4 Å². The SMILES string of the molecule is CC(C)(C)OC(=O)N1CCC[C@@H](c2ccc(Nc3ncc4ccc(-c5cc[nH]c(=O)c5)cc4n3)cc2)C1. The third-order valence-electron chi connectivity index (χ3n) is 6.40. The maximum Gasteiger partial charge on any atom is 0.410 e. The minimum Gasteiger partial charge on any atom is -0.444 e. The molecule has 0 bridgehead atoms. The number of nitrogens with zero attached hydrogens (tertiary/aromatic N) is 3. The van der Waals surface area contributed by atoms with Crippen molar-refractivity contribution in [2.75, 3.05) is 18.4 Å². The zero-order chi connectivity index (χ0) is 26.0. The van der Waals surface area contributed by atoms with E-state index in [0.717, 1.165) is 47.1 Å². The summed E-state index contributed by atoms with van der Waals surface area (Å²) in [5.74, 6) is 0.771. The van der Waals surface area contributed by atoms with Crippen molar-refractivity contribution in [1.29, 1.82) is 0 Å². The topological polar surface area (TPSA) is 100 Å². The van der Waals surface area contributed by atoms with E-state index in [1.54, 1.807) is 18.5 Å². The zero-order valence-corrected chi connectivity index (χ0v) is 21.3. The summed E-state index contributed by atoms with van der Waals surface area (Å²) in [6.07, 6.45) is 5.17. The van der Waals surface area contributed by atoms with Crippen LogP contribution in [0.3, 0.4) is 0 Å². The summed E-state index contributed by atoms with van der Waals surface area (Å²) in [6.45, 7) is 7.06. The van der Waals surface area contributed by atoms with Crippen molar-refractivity contribution in [3.63, 3.8) is 0 Å². The van der Waals surface area contributed by atoms with Gasteiger partial charge in [0.1, 0.15) is 5.60 Å². The quantitative estimate of drug-likeness (QED) is 0.367. The number of piperidine rings is 1. The van der Waals surface area contributed by atoms with Crippen LogP contribution < -0.4 is 10.9 Å². The third kappa shape index (κ3) is 5.97. The summed E-state index contributed by atoms with van der Waals surface area (Å²) in [5.41, 5.74) is 3.98. The fourth-order valence-corrected chi connectivity index (χ4v) is 4.60. The molecule has 3 heterocycles. The molecule has 2 N–H and O–H groups in total. The minimum atomic E-state index is -0.496. The Balaban J connectivity index is 1.28. The Labute approximate surface area is 215 Å². The highest BCUT2D eigenvalue weighted by atomic mass is 16.6. The lowest BCUT2D eigenvalue weighted by Gasteiger charge is -2.34. The molecule has 8 nitrogen and oxygen atoms in total.